The highest BCUT2D eigenvalue weighted by Crippen LogP contribution is 2.37. The first kappa shape index (κ1) is 35.8. The van der Waals surface area contributed by atoms with Crippen LogP contribution in [0.1, 0.15) is 83.0 Å². The molecule has 18 heteroatoms. The van der Waals surface area contributed by atoms with Gasteiger partial charge in [-0.05, 0) is 71.6 Å². The number of nitrogens with one attached hydrogen (secondary N) is 3. The molecule has 2 aromatic heterocycles. The average Bonchev–Trinajstić information content (AvgIpc) is 3.56. The minimum atomic E-state index is -2.91. The van der Waals surface area contributed by atoms with Gasteiger partial charge >= 0.3 is 0 Å². The van der Waals surface area contributed by atoms with Gasteiger partial charge in [-0.15, -0.1) is 0 Å². The Kier molecular flexibility index (Phi) is 9.64. The molecule has 54 heavy (non-hydrogen) atoms. The molecule has 282 valence electrons. The van der Waals surface area contributed by atoms with Crippen LogP contribution in [0.25, 0.3) is 0 Å². The van der Waals surface area contributed by atoms with Gasteiger partial charge in [0.1, 0.15) is 18.1 Å². The quantitative estimate of drug-likeness (QED) is 0.236. The summed E-state index contributed by atoms with van der Waals surface area (Å²) in [6.45, 7) is 2.56. The minimum absolute atomic E-state index is 0.0312. The molecule has 1 aliphatic carbocycles. The highest BCUT2D eigenvalue weighted by Gasteiger charge is 2.46. The molecule has 2 saturated heterocycles. The second-order valence-electron chi connectivity index (χ2n) is 14.1. The Morgan fingerprint density at radius 3 is 2.59 bits per heavy atom. The number of hydrogen-bond donors (Lipinski definition) is 3. The van der Waals surface area contributed by atoms with Crippen molar-refractivity contribution >= 4 is 62.7 Å². The molecule has 0 spiro atoms. The predicted octanol–water partition coefficient (Wildman–Crippen LogP) is 4.31. The summed E-state index contributed by atoms with van der Waals surface area (Å²) in [4.78, 5) is 76.9. The maximum atomic E-state index is 14.1. The maximum Gasteiger partial charge on any atom is 0.284 e. The van der Waals surface area contributed by atoms with E-state index in [-0.39, 0.29) is 47.8 Å². The number of pyridine rings is 1. The Balaban J connectivity index is 0.876. The zero-order valence-electron chi connectivity index (χ0n) is 28.9. The first-order chi connectivity index (χ1) is 26.0. The molecular weight excluding hydrogens is 772 g/mol. The third kappa shape index (κ3) is 7.06. The molecule has 5 amide bonds. The first-order valence-corrected chi connectivity index (χ1v) is 18.6. The third-order valence-corrected chi connectivity index (χ3v) is 11.3. The number of halogens is 3. The molecular formula is C36H36BrF2N9O6. The van der Waals surface area contributed by atoms with E-state index in [1.807, 2.05) is 6.07 Å². The molecule has 1 aromatic carbocycles. The number of benzene rings is 1. The number of carbonyl (C=O) groups is 5. The summed E-state index contributed by atoms with van der Waals surface area (Å²) < 4.78 is 30.2. The number of fused-ring (bicyclic) bond motifs is 1. The Morgan fingerprint density at radius 1 is 1.06 bits per heavy atom. The van der Waals surface area contributed by atoms with Gasteiger partial charge in [-0.25, -0.2) is 18.8 Å². The summed E-state index contributed by atoms with van der Waals surface area (Å²) in [6, 6.07) is 5.66. The van der Waals surface area contributed by atoms with Crippen molar-refractivity contribution < 1.29 is 37.6 Å². The third-order valence-electron chi connectivity index (χ3n) is 10.4. The van der Waals surface area contributed by atoms with Gasteiger partial charge < -0.3 is 15.5 Å². The molecule has 3 N–H and O–H groups in total. The van der Waals surface area contributed by atoms with Crippen molar-refractivity contribution in [2.75, 3.05) is 41.9 Å². The number of likely N-dealkylation sites (tertiary alicyclic amines) is 1. The summed E-state index contributed by atoms with van der Waals surface area (Å²) in [5.41, 5.74) is 1.49. The number of hydrogen-bond acceptors (Lipinski definition) is 11. The van der Waals surface area contributed by atoms with Gasteiger partial charge in [0.15, 0.2) is 5.69 Å². The Hall–Kier alpha value is -5.23. The van der Waals surface area contributed by atoms with Crippen LogP contribution in [0.4, 0.5) is 26.0 Å². The van der Waals surface area contributed by atoms with E-state index in [2.05, 4.69) is 46.9 Å². The highest BCUT2D eigenvalue weighted by atomic mass is 79.9. The molecule has 6 heterocycles. The van der Waals surface area contributed by atoms with Crippen molar-refractivity contribution in [3.8, 4) is 0 Å². The van der Waals surface area contributed by atoms with Crippen LogP contribution in [0, 0.1) is 5.92 Å². The monoisotopic (exact) mass is 807 g/mol. The molecule has 8 rings (SSSR count). The van der Waals surface area contributed by atoms with Crippen LogP contribution in [-0.4, -0.2) is 86.3 Å². The van der Waals surface area contributed by atoms with Crippen molar-refractivity contribution in [1.82, 2.24) is 29.9 Å². The Bertz CT molecular complexity index is 2080. The van der Waals surface area contributed by atoms with Crippen LogP contribution >= 0.6 is 15.9 Å². The minimum Gasteiger partial charge on any atom is -0.386 e. The molecule has 3 aromatic rings. The number of amides is 5. The van der Waals surface area contributed by atoms with Gasteiger partial charge in [0.2, 0.25) is 11.8 Å². The van der Waals surface area contributed by atoms with Gasteiger partial charge in [-0.1, -0.05) is 6.07 Å². The molecule has 15 nitrogen and oxygen atoms in total. The van der Waals surface area contributed by atoms with Crippen molar-refractivity contribution in [1.29, 1.82) is 0 Å². The number of alkyl halides is 2. The van der Waals surface area contributed by atoms with Gasteiger partial charge in [0, 0.05) is 55.5 Å². The standard InChI is InChI=1S/C36H36BrF2N9O6/c37-30-20(3-4-24-29(30)36(53)48(35(24)52)26-5-6-28(49)43-34(26)51)15-45-11-8-22(9-12-45)46-17-25(31(44-46)32(38)39)42-33(50)21-16-47(54-18-21)23-7-10-40-27(13-23)41-14-19-1-2-19/h3-4,7,10,13,17-19,22,26,32H,1-2,5-6,8-9,11-12,14-16H2,(H,40,41)(H,42,50)(H,43,49,51). The summed E-state index contributed by atoms with van der Waals surface area (Å²) >= 11 is 3.53. The van der Waals surface area contributed by atoms with Gasteiger partial charge in [0.05, 0.1) is 40.7 Å². The number of hydroxylamine groups is 1. The van der Waals surface area contributed by atoms with Crippen LogP contribution < -0.4 is 21.0 Å². The van der Waals surface area contributed by atoms with E-state index in [0.29, 0.717) is 54.4 Å². The lowest BCUT2D eigenvalue weighted by Gasteiger charge is -2.32. The van der Waals surface area contributed by atoms with E-state index < -0.39 is 47.7 Å². The maximum absolute atomic E-state index is 14.1. The van der Waals surface area contributed by atoms with E-state index in [1.54, 1.807) is 24.4 Å². The number of aromatic nitrogens is 3. The number of rotatable bonds is 11. The second kappa shape index (κ2) is 14.5. The smallest absolute Gasteiger partial charge is 0.284 e. The van der Waals surface area contributed by atoms with Crippen LogP contribution in [-0.2, 0) is 25.8 Å². The number of imide groups is 2. The SMILES string of the molecule is O=C1CCC(N2C(=O)c3ccc(CN4CCC(n5cc(NC(=O)C6=CON(c7ccnc(NCC8CC8)c7)C6)c(C(F)F)n5)CC4)c(Br)c3C2=O)C(=O)N1. The average molecular weight is 809 g/mol. The molecule has 3 fully saturated rings. The van der Waals surface area contributed by atoms with Gasteiger partial charge in [0.25, 0.3) is 24.1 Å². The summed E-state index contributed by atoms with van der Waals surface area (Å²) in [5.74, 6) is -1.50. The molecule has 1 saturated carbocycles. The molecule has 5 aliphatic rings. The predicted molar refractivity (Wildman–Crippen MR) is 192 cm³/mol. The molecule has 1 unspecified atom stereocenters. The zero-order valence-corrected chi connectivity index (χ0v) is 30.5. The van der Waals surface area contributed by atoms with E-state index in [1.165, 1.54) is 35.0 Å². The highest BCUT2D eigenvalue weighted by molar-refractivity contribution is 9.10. The fourth-order valence-electron chi connectivity index (χ4n) is 7.19. The van der Waals surface area contributed by atoms with E-state index in [9.17, 15) is 32.8 Å². The fourth-order valence-corrected chi connectivity index (χ4v) is 7.83. The number of piperidine rings is 2. The van der Waals surface area contributed by atoms with Crippen molar-refractivity contribution in [3.05, 3.63) is 75.4 Å². The summed E-state index contributed by atoms with van der Waals surface area (Å²) in [7, 11) is 0. The van der Waals surface area contributed by atoms with E-state index in [0.717, 1.165) is 17.0 Å². The number of nitrogens with zero attached hydrogens (tertiary/aromatic N) is 6. The van der Waals surface area contributed by atoms with Crippen LogP contribution in [0.2, 0.25) is 0 Å². The van der Waals surface area contributed by atoms with Crippen molar-refractivity contribution in [2.24, 2.45) is 5.92 Å². The molecule has 0 radical (unpaired) electrons. The molecule has 1 atom stereocenters. The lowest BCUT2D eigenvalue weighted by atomic mass is 10.0. The fraction of sp³-hybridized carbons (Fsp3) is 0.417. The van der Waals surface area contributed by atoms with Crippen molar-refractivity contribution in [3.63, 3.8) is 0 Å². The zero-order chi connectivity index (χ0) is 37.7. The Labute approximate surface area is 316 Å². The van der Waals surface area contributed by atoms with Gasteiger partial charge in [-0.2, -0.15) is 5.10 Å². The Morgan fingerprint density at radius 2 is 1.85 bits per heavy atom. The second-order valence-corrected chi connectivity index (χ2v) is 14.9. The van der Waals surface area contributed by atoms with Gasteiger partial charge in [-0.3, -0.25) is 43.8 Å². The van der Waals surface area contributed by atoms with Crippen LogP contribution in [0.5, 0.6) is 0 Å². The van der Waals surface area contributed by atoms with E-state index >= 15 is 0 Å². The summed E-state index contributed by atoms with van der Waals surface area (Å²) in [6.07, 6.45) is 5.16. The normalized spacial score (nSPS) is 20.7. The lowest BCUT2D eigenvalue weighted by Crippen LogP contribution is -2.54. The number of carbonyl (C=O) groups excluding carboxylic acids is 5. The largest absolute Gasteiger partial charge is 0.386 e. The number of anilines is 3. The summed E-state index contributed by atoms with van der Waals surface area (Å²) in [5, 5.41) is 13.8. The molecule has 0 bridgehead atoms. The lowest BCUT2D eigenvalue weighted by molar-refractivity contribution is -0.136. The van der Waals surface area contributed by atoms with Crippen LogP contribution in [0.3, 0.4) is 0 Å². The van der Waals surface area contributed by atoms with Crippen molar-refractivity contribution in [2.45, 2.75) is 63.6 Å². The topological polar surface area (TPSA) is 171 Å². The first-order valence-electron chi connectivity index (χ1n) is 17.8. The molecule has 4 aliphatic heterocycles. The van der Waals surface area contributed by atoms with E-state index in [4.69, 9.17) is 4.84 Å². The van der Waals surface area contributed by atoms with Crippen LogP contribution in [0.15, 0.2) is 53.0 Å².